The summed E-state index contributed by atoms with van der Waals surface area (Å²) in [5, 5.41) is 3.50. The Morgan fingerprint density at radius 1 is 0.851 bits per heavy atom. The van der Waals surface area contributed by atoms with Crippen molar-refractivity contribution in [3.8, 4) is 11.5 Å². The van der Waals surface area contributed by atoms with Gasteiger partial charge in [0.1, 0.15) is 24.1 Å². The molecule has 9 nitrogen and oxygen atoms in total. The summed E-state index contributed by atoms with van der Waals surface area (Å²) in [6.45, 7) is 1.46. The Kier molecular flexibility index (Phi) is 12.5. The molecule has 0 spiro atoms. The third-order valence-electron chi connectivity index (χ3n) is 7.48. The predicted octanol–water partition coefficient (Wildman–Crippen LogP) is 6.37. The molecule has 0 bridgehead atoms. The van der Waals surface area contributed by atoms with E-state index < -0.39 is 34.4 Å². The van der Waals surface area contributed by atoms with Crippen molar-refractivity contribution < 1.29 is 27.5 Å². The van der Waals surface area contributed by atoms with Gasteiger partial charge in [-0.3, -0.25) is 13.9 Å². The van der Waals surface area contributed by atoms with Gasteiger partial charge in [0.15, 0.2) is 0 Å². The van der Waals surface area contributed by atoms with Gasteiger partial charge in [0.2, 0.25) is 11.8 Å². The lowest BCUT2D eigenvalue weighted by molar-refractivity contribution is -0.140. The first kappa shape index (κ1) is 35.6. The molecule has 4 aromatic carbocycles. The fourth-order valence-electron chi connectivity index (χ4n) is 5.00. The van der Waals surface area contributed by atoms with Crippen molar-refractivity contribution in [1.29, 1.82) is 0 Å². The Bertz CT molecular complexity index is 1750. The van der Waals surface area contributed by atoms with Gasteiger partial charge in [-0.1, -0.05) is 84.7 Å². The summed E-state index contributed by atoms with van der Waals surface area (Å²) in [6.07, 6.45) is 0.824. The van der Waals surface area contributed by atoms with E-state index in [4.69, 9.17) is 32.7 Å². The molecule has 0 aliphatic carbocycles. The lowest BCUT2D eigenvalue weighted by Gasteiger charge is -2.34. The third-order valence-corrected chi connectivity index (χ3v) is 9.96. The normalized spacial score (nSPS) is 11.8. The van der Waals surface area contributed by atoms with Crippen LogP contribution in [0.3, 0.4) is 0 Å². The van der Waals surface area contributed by atoms with Gasteiger partial charge in [-0.2, -0.15) is 0 Å². The molecule has 4 rings (SSSR count). The molecule has 0 aliphatic rings. The summed E-state index contributed by atoms with van der Waals surface area (Å²) in [5.74, 6) is -0.524. The zero-order chi connectivity index (χ0) is 34.0. The molecule has 0 radical (unpaired) electrons. The van der Waals surface area contributed by atoms with Crippen LogP contribution in [0.4, 0.5) is 5.69 Å². The predicted molar refractivity (Wildman–Crippen MR) is 185 cm³/mol. The minimum atomic E-state index is -4.35. The highest BCUT2D eigenvalue weighted by Crippen LogP contribution is 2.36. The minimum absolute atomic E-state index is 0.0418. The first-order valence-corrected chi connectivity index (χ1v) is 17.1. The fourth-order valence-corrected chi connectivity index (χ4v) is 6.95. The van der Waals surface area contributed by atoms with Crippen LogP contribution >= 0.6 is 23.2 Å². The smallest absolute Gasteiger partial charge is 0.264 e. The van der Waals surface area contributed by atoms with Crippen molar-refractivity contribution in [3.63, 3.8) is 0 Å². The molecular weight excluding hydrogens is 661 g/mol. The molecule has 12 heteroatoms. The molecule has 0 aliphatic heterocycles. The molecule has 0 saturated heterocycles. The molecule has 2 amide bonds. The number of hydrogen-bond donors (Lipinski definition) is 1. The van der Waals surface area contributed by atoms with Crippen LogP contribution in [0.5, 0.6) is 11.5 Å². The highest BCUT2D eigenvalue weighted by molar-refractivity contribution is 7.92. The summed E-state index contributed by atoms with van der Waals surface area (Å²) in [7, 11) is -1.50. The van der Waals surface area contributed by atoms with Gasteiger partial charge >= 0.3 is 0 Å². The number of anilines is 1. The van der Waals surface area contributed by atoms with Crippen LogP contribution in [0.2, 0.25) is 10.0 Å². The Labute approximate surface area is 286 Å². The van der Waals surface area contributed by atoms with Gasteiger partial charge in [0.25, 0.3) is 10.0 Å². The number of rotatable bonds is 15. The number of sulfonamides is 1. The summed E-state index contributed by atoms with van der Waals surface area (Å²) >= 11 is 13.1. The highest BCUT2D eigenvalue weighted by Gasteiger charge is 2.36. The number of carbonyl (C=O) groups is 2. The van der Waals surface area contributed by atoms with Gasteiger partial charge in [-0.15, -0.1) is 0 Å². The number of nitrogens with zero attached hydrogens (tertiary/aromatic N) is 2. The van der Waals surface area contributed by atoms with E-state index in [9.17, 15) is 18.0 Å². The molecule has 0 unspecified atom stereocenters. The quantitative estimate of drug-likeness (QED) is 0.155. The number of benzene rings is 4. The molecule has 0 fully saturated rings. The Morgan fingerprint density at radius 3 is 2.09 bits per heavy atom. The van der Waals surface area contributed by atoms with Crippen LogP contribution in [0.25, 0.3) is 0 Å². The summed E-state index contributed by atoms with van der Waals surface area (Å²) in [6, 6.07) is 25.6. The number of nitrogens with one attached hydrogen (secondary N) is 1. The molecule has 0 heterocycles. The van der Waals surface area contributed by atoms with Gasteiger partial charge in [0, 0.05) is 41.2 Å². The monoisotopic (exact) mass is 697 g/mol. The molecule has 0 saturated carbocycles. The number of carbonyl (C=O) groups excluding carboxylic acids is 2. The van der Waals surface area contributed by atoms with Crippen LogP contribution in [0.15, 0.2) is 102 Å². The highest BCUT2D eigenvalue weighted by atomic mass is 35.5. The molecule has 1 N–H and O–H groups in total. The van der Waals surface area contributed by atoms with E-state index >= 15 is 0 Å². The van der Waals surface area contributed by atoms with Crippen molar-refractivity contribution in [2.24, 2.45) is 0 Å². The molecule has 4 aromatic rings. The number of hydrogen-bond acceptors (Lipinski definition) is 6. The van der Waals surface area contributed by atoms with Gasteiger partial charge in [0.05, 0.1) is 24.8 Å². The standard InChI is InChI=1S/C35H37Cl2N3O6S/c1-4-20-38-35(42)32(21-25-12-7-5-8-13-25)39(23-28-29(36)16-11-17-30(28)37)34(41)24-40(47(43,44)27-14-9-6-10-15-27)31-22-26(45-2)18-19-33(31)46-3/h5-19,22,32H,4,20-21,23-24H2,1-3H3,(H,38,42)/t32-/m0/s1. The molecular formula is C35H37Cl2N3O6S. The summed E-state index contributed by atoms with van der Waals surface area (Å²) in [4.78, 5) is 29.8. The molecule has 248 valence electrons. The van der Waals surface area contributed by atoms with E-state index in [1.807, 2.05) is 37.3 Å². The largest absolute Gasteiger partial charge is 0.497 e. The maximum absolute atomic E-state index is 14.7. The lowest BCUT2D eigenvalue weighted by Crippen LogP contribution is -2.53. The Balaban J connectivity index is 1.88. The molecule has 47 heavy (non-hydrogen) atoms. The topological polar surface area (TPSA) is 105 Å². The van der Waals surface area contributed by atoms with Crippen LogP contribution in [-0.4, -0.2) is 58.5 Å². The van der Waals surface area contributed by atoms with Gasteiger partial charge < -0.3 is 19.7 Å². The van der Waals surface area contributed by atoms with E-state index in [0.717, 1.165) is 9.87 Å². The second kappa shape index (κ2) is 16.5. The zero-order valence-electron chi connectivity index (χ0n) is 26.4. The minimum Gasteiger partial charge on any atom is -0.497 e. The van der Waals surface area contributed by atoms with Crippen LogP contribution in [0.1, 0.15) is 24.5 Å². The van der Waals surface area contributed by atoms with E-state index in [2.05, 4.69) is 5.32 Å². The summed E-state index contributed by atoms with van der Waals surface area (Å²) in [5.41, 5.74) is 1.30. The maximum atomic E-state index is 14.7. The van der Waals surface area contributed by atoms with Crippen LogP contribution < -0.4 is 19.1 Å². The van der Waals surface area contributed by atoms with Crippen molar-refractivity contribution in [3.05, 3.63) is 118 Å². The fraction of sp³-hybridized carbons (Fsp3) is 0.257. The van der Waals surface area contributed by atoms with E-state index in [1.54, 1.807) is 48.5 Å². The first-order chi connectivity index (χ1) is 22.6. The maximum Gasteiger partial charge on any atom is 0.264 e. The Hall–Kier alpha value is -4.25. The van der Waals surface area contributed by atoms with Crippen LogP contribution in [-0.2, 0) is 32.6 Å². The zero-order valence-corrected chi connectivity index (χ0v) is 28.7. The van der Waals surface area contributed by atoms with E-state index in [-0.39, 0.29) is 29.3 Å². The van der Waals surface area contributed by atoms with Crippen molar-refractivity contribution in [2.75, 3.05) is 31.6 Å². The number of halogens is 2. The second-order valence-electron chi connectivity index (χ2n) is 10.6. The SMILES string of the molecule is CCCNC(=O)[C@H](Cc1ccccc1)N(Cc1c(Cl)cccc1Cl)C(=O)CN(c1cc(OC)ccc1OC)S(=O)(=O)c1ccccc1. The van der Waals surface area contributed by atoms with Crippen molar-refractivity contribution >= 4 is 50.7 Å². The third kappa shape index (κ3) is 8.77. The van der Waals surface area contributed by atoms with Crippen molar-refractivity contribution in [2.45, 2.75) is 37.2 Å². The lowest BCUT2D eigenvalue weighted by atomic mass is 10.0. The van der Waals surface area contributed by atoms with E-state index in [1.165, 1.54) is 37.3 Å². The van der Waals surface area contributed by atoms with Crippen molar-refractivity contribution in [1.82, 2.24) is 10.2 Å². The van der Waals surface area contributed by atoms with Gasteiger partial charge in [-0.25, -0.2) is 8.42 Å². The first-order valence-electron chi connectivity index (χ1n) is 14.9. The second-order valence-corrected chi connectivity index (χ2v) is 13.3. The average molecular weight is 699 g/mol. The number of amides is 2. The number of methoxy groups -OCH3 is 2. The molecule has 0 aromatic heterocycles. The van der Waals surface area contributed by atoms with E-state index in [0.29, 0.717) is 34.3 Å². The van der Waals surface area contributed by atoms with Crippen LogP contribution in [0, 0.1) is 0 Å². The average Bonchev–Trinajstić information content (AvgIpc) is 3.09. The molecule has 1 atom stereocenters. The Morgan fingerprint density at radius 2 is 1.49 bits per heavy atom. The summed E-state index contributed by atoms with van der Waals surface area (Å²) < 4.78 is 40.5. The number of ether oxygens (including phenoxy) is 2. The van der Waals surface area contributed by atoms with Gasteiger partial charge in [-0.05, 0) is 48.4 Å².